The predicted octanol–water partition coefficient (Wildman–Crippen LogP) is -1.12. The van der Waals surface area contributed by atoms with Gasteiger partial charge in [0.2, 0.25) is 0 Å². The van der Waals surface area contributed by atoms with Crippen molar-refractivity contribution in [3.8, 4) is 0 Å². The van der Waals surface area contributed by atoms with Gasteiger partial charge in [-0.3, -0.25) is 9.69 Å². The van der Waals surface area contributed by atoms with Crippen LogP contribution in [0.5, 0.6) is 0 Å². The van der Waals surface area contributed by atoms with E-state index in [1.807, 2.05) is 6.92 Å². The van der Waals surface area contributed by atoms with Gasteiger partial charge in [0.25, 0.3) is 0 Å². The highest BCUT2D eigenvalue weighted by Crippen LogP contribution is 2.29. The van der Waals surface area contributed by atoms with Crippen LogP contribution in [0.1, 0.15) is 13.3 Å². The lowest BCUT2D eigenvalue weighted by Gasteiger charge is -2.54. The lowest BCUT2D eigenvalue weighted by atomic mass is 9.84. The molecule has 2 aliphatic rings. The maximum Gasteiger partial charge on any atom is 0.305 e. The molecule has 0 spiro atoms. The maximum absolute atomic E-state index is 11.0. The van der Waals surface area contributed by atoms with Crippen LogP contribution in [0.4, 0.5) is 0 Å². The fourth-order valence-electron chi connectivity index (χ4n) is 2.71. The molecule has 6 heteroatoms. The molecule has 0 amide bonds. The number of carboxylic acid groups (broad SMARTS) is 1. The molecule has 98 valence electrons. The monoisotopic (exact) mass is 244 g/mol. The zero-order valence-electron chi connectivity index (χ0n) is 10.1. The lowest BCUT2D eigenvalue weighted by molar-refractivity contribution is -0.152. The summed E-state index contributed by atoms with van der Waals surface area (Å²) in [4.78, 5) is 13.2. The van der Waals surface area contributed by atoms with E-state index in [1.165, 1.54) is 0 Å². The first-order valence-corrected chi connectivity index (χ1v) is 5.99. The predicted molar refractivity (Wildman–Crippen MR) is 60.8 cm³/mol. The van der Waals surface area contributed by atoms with Crippen LogP contribution < -0.4 is 5.32 Å². The van der Waals surface area contributed by atoms with Crippen LogP contribution in [0.3, 0.4) is 0 Å². The fourth-order valence-corrected chi connectivity index (χ4v) is 2.71. The average molecular weight is 244 g/mol. The Balaban J connectivity index is 2.08. The van der Waals surface area contributed by atoms with Crippen molar-refractivity contribution in [3.05, 3.63) is 0 Å². The zero-order valence-corrected chi connectivity index (χ0v) is 10.1. The first kappa shape index (κ1) is 12.8. The second kappa shape index (κ2) is 4.89. The van der Waals surface area contributed by atoms with Crippen LogP contribution in [0, 0.1) is 0 Å². The SMILES string of the molecule is CC1COC(CO)CN1C1(CC(=O)O)CNC1. The Hall–Kier alpha value is -0.690. The van der Waals surface area contributed by atoms with E-state index in [0.29, 0.717) is 26.2 Å². The summed E-state index contributed by atoms with van der Waals surface area (Å²) in [5.74, 6) is -0.772. The Bertz CT molecular complexity index is 293. The molecule has 6 nitrogen and oxygen atoms in total. The molecule has 0 aromatic heterocycles. The minimum atomic E-state index is -0.772. The summed E-state index contributed by atoms with van der Waals surface area (Å²) in [7, 11) is 0. The van der Waals surface area contributed by atoms with Crippen LogP contribution in [0.2, 0.25) is 0 Å². The summed E-state index contributed by atoms with van der Waals surface area (Å²) in [6.07, 6.45) is -0.0554. The quantitative estimate of drug-likeness (QED) is 0.581. The highest BCUT2D eigenvalue weighted by Gasteiger charge is 2.48. The van der Waals surface area contributed by atoms with E-state index in [0.717, 1.165) is 0 Å². The van der Waals surface area contributed by atoms with E-state index in [4.69, 9.17) is 14.9 Å². The van der Waals surface area contributed by atoms with E-state index < -0.39 is 5.97 Å². The molecule has 2 unspecified atom stereocenters. The molecule has 0 bridgehead atoms. The van der Waals surface area contributed by atoms with Gasteiger partial charge in [-0.1, -0.05) is 0 Å². The molecule has 0 radical (unpaired) electrons. The number of carbonyl (C=O) groups is 1. The number of rotatable bonds is 4. The maximum atomic E-state index is 11.0. The van der Waals surface area contributed by atoms with Crippen LogP contribution in [0.15, 0.2) is 0 Å². The number of ether oxygens (including phenoxy) is 1. The topological polar surface area (TPSA) is 82.0 Å². The molecule has 0 saturated carbocycles. The zero-order chi connectivity index (χ0) is 12.5. The summed E-state index contributed by atoms with van der Waals surface area (Å²) in [5, 5.41) is 21.3. The minimum absolute atomic E-state index is 0.0141. The number of aliphatic carboxylic acids is 1. The van der Waals surface area contributed by atoms with Gasteiger partial charge in [0.05, 0.1) is 31.3 Å². The van der Waals surface area contributed by atoms with Gasteiger partial charge in [0, 0.05) is 25.7 Å². The molecular weight excluding hydrogens is 224 g/mol. The average Bonchev–Trinajstić information content (AvgIpc) is 2.24. The van der Waals surface area contributed by atoms with Gasteiger partial charge >= 0.3 is 5.97 Å². The summed E-state index contributed by atoms with van der Waals surface area (Å²) in [6.45, 7) is 4.57. The van der Waals surface area contributed by atoms with Gasteiger partial charge in [0.1, 0.15) is 0 Å². The van der Waals surface area contributed by atoms with Gasteiger partial charge in [0.15, 0.2) is 0 Å². The second-order valence-electron chi connectivity index (χ2n) is 5.04. The highest BCUT2D eigenvalue weighted by molar-refractivity contribution is 5.69. The van der Waals surface area contributed by atoms with Crippen molar-refractivity contribution < 1.29 is 19.7 Å². The molecule has 2 aliphatic heterocycles. The third-order valence-electron chi connectivity index (χ3n) is 3.71. The van der Waals surface area contributed by atoms with Crippen molar-refractivity contribution in [2.45, 2.75) is 31.0 Å². The van der Waals surface area contributed by atoms with Crippen LogP contribution in [-0.2, 0) is 9.53 Å². The third-order valence-corrected chi connectivity index (χ3v) is 3.71. The number of aliphatic hydroxyl groups is 1. The Morgan fingerprint density at radius 3 is 2.76 bits per heavy atom. The van der Waals surface area contributed by atoms with Gasteiger partial charge < -0.3 is 20.3 Å². The standard InChI is InChI=1S/C11H20N2O4/c1-8-5-17-9(4-14)3-13(8)11(2-10(15)16)6-12-7-11/h8-9,12,14H,2-7H2,1H3,(H,15,16). The van der Waals surface area contributed by atoms with Crippen molar-refractivity contribution in [2.75, 3.05) is 32.8 Å². The van der Waals surface area contributed by atoms with E-state index >= 15 is 0 Å². The number of nitrogens with one attached hydrogen (secondary N) is 1. The summed E-state index contributed by atoms with van der Waals surface area (Å²) in [6, 6.07) is 0.194. The molecule has 0 aromatic rings. The molecule has 3 N–H and O–H groups in total. The fraction of sp³-hybridized carbons (Fsp3) is 0.909. The third kappa shape index (κ3) is 2.44. The normalized spacial score (nSPS) is 33.1. The first-order valence-electron chi connectivity index (χ1n) is 5.99. The number of carboxylic acids is 1. The van der Waals surface area contributed by atoms with Crippen LogP contribution in [-0.4, -0.2) is 71.6 Å². The molecule has 2 rings (SSSR count). The van der Waals surface area contributed by atoms with E-state index in [9.17, 15) is 4.79 Å². The number of hydrogen-bond acceptors (Lipinski definition) is 5. The summed E-state index contributed by atoms with van der Waals surface area (Å²) in [5.41, 5.74) is -0.303. The van der Waals surface area contributed by atoms with Crippen LogP contribution in [0.25, 0.3) is 0 Å². The van der Waals surface area contributed by atoms with E-state index in [1.54, 1.807) is 0 Å². The van der Waals surface area contributed by atoms with Crippen LogP contribution >= 0.6 is 0 Å². The van der Waals surface area contributed by atoms with Crippen molar-refractivity contribution >= 4 is 5.97 Å². The molecule has 17 heavy (non-hydrogen) atoms. The molecule has 2 fully saturated rings. The molecule has 0 aromatic carbocycles. The molecule has 2 saturated heterocycles. The van der Waals surface area contributed by atoms with Gasteiger partial charge in [-0.2, -0.15) is 0 Å². The highest BCUT2D eigenvalue weighted by atomic mass is 16.5. The van der Waals surface area contributed by atoms with Gasteiger partial charge in [-0.25, -0.2) is 0 Å². The Labute approximate surface area is 101 Å². The van der Waals surface area contributed by atoms with Crippen molar-refractivity contribution in [1.82, 2.24) is 10.2 Å². The largest absolute Gasteiger partial charge is 0.481 e. The number of morpholine rings is 1. The Morgan fingerprint density at radius 2 is 2.29 bits per heavy atom. The Kier molecular flexibility index (Phi) is 3.67. The molecule has 2 atom stereocenters. The van der Waals surface area contributed by atoms with Gasteiger partial charge in [-0.05, 0) is 6.92 Å². The van der Waals surface area contributed by atoms with Crippen molar-refractivity contribution in [3.63, 3.8) is 0 Å². The lowest BCUT2D eigenvalue weighted by Crippen LogP contribution is -2.73. The first-order chi connectivity index (χ1) is 8.07. The number of aliphatic hydroxyl groups excluding tert-OH is 1. The Morgan fingerprint density at radius 1 is 1.59 bits per heavy atom. The van der Waals surface area contributed by atoms with Crippen molar-refractivity contribution in [2.24, 2.45) is 0 Å². The smallest absolute Gasteiger partial charge is 0.305 e. The minimum Gasteiger partial charge on any atom is -0.481 e. The van der Waals surface area contributed by atoms with E-state index in [2.05, 4.69) is 10.2 Å². The van der Waals surface area contributed by atoms with Crippen molar-refractivity contribution in [1.29, 1.82) is 0 Å². The molecular formula is C11H20N2O4. The summed E-state index contributed by atoms with van der Waals surface area (Å²) < 4.78 is 5.48. The number of nitrogens with zero attached hydrogens (tertiary/aromatic N) is 1. The molecule has 2 heterocycles. The number of hydrogen-bond donors (Lipinski definition) is 3. The second-order valence-corrected chi connectivity index (χ2v) is 5.04. The van der Waals surface area contributed by atoms with Gasteiger partial charge in [-0.15, -0.1) is 0 Å². The molecule has 0 aliphatic carbocycles. The summed E-state index contributed by atoms with van der Waals surface area (Å²) >= 11 is 0. The van der Waals surface area contributed by atoms with E-state index in [-0.39, 0.29) is 30.7 Å².